The van der Waals surface area contributed by atoms with E-state index in [2.05, 4.69) is 10.3 Å². The molecule has 1 atom stereocenters. The maximum Gasteiger partial charge on any atom is 0.183 e. The van der Waals surface area contributed by atoms with Gasteiger partial charge in [0.25, 0.3) is 0 Å². The van der Waals surface area contributed by atoms with Gasteiger partial charge in [0.1, 0.15) is 0 Å². The monoisotopic (exact) mass is 179 g/mol. The van der Waals surface area contributed by atoms with Crippen LogP contribution in [-0.4, -0.2) is 23.9 Å². The Balaban J connectivity index is 2.95. The lowest BCUT2D eigenvalue weighted by Crippen LogP contribution is -2.31. The molecule has 0 amide bonds. The zero-order valence-corrected chi connectivity index (χ0v) is 7.74. The Morgan fingerprint density at radius 1 is 1.69 bits per heavy atom. The molecular formula is C9H13N3O. The number of nitrogens with two attached hydrogens (primary N) is 1. The maximum absolute atomic E-state index is 11.6. The summed E-state index contributed by atoms with van der Waals surface area (Å²) in [6, 6.07) is 1.39. The van der Waals surface area contributed by atoms with E-state index in [1.807, 2.05) is 0 Å². The Morgan fingerprint density at radius 2 is 2.38 bits per heavy atom. The molecule has 0 radical (unpaired) electrons. The number of hydrogen-bond donors (Lipinski definition) is 2. The molecule has 0 aliphatic rings. The standard InChI is InChI=1S/C9H13N3O/c1-6(11-2)9(13)7-5-12-4-3-8(7)10/h3-6,11H,1-2H3,(H2,10,12). The molecule has 0 aromatic carbocycles. The molecule has 13 heavy (non-hydrogen) atoms. The van der Waals surface area contributed by atoms with Crippen molar-refractivity contribution >= 4 is 11.5 Å². The van der Waals surface area contributed by atoms with Gasteiger partial charge in [-0.2, -0.15) is 0 Å². The van der Waals surface area contributed by atoms with E-state index in [0.717, 1.165) is 0 Å². The number of nitrogens with one attached hydrogen (secondary N) is 1. The third-order valence-corrected chi connectivity index (χ3v) is 1.95. The molecule has 0 spiro atoms. The van der Waals surface area contributed by atoms with E-state index >= 15 is 0 Å². The molecule has 1 heterocycles. The minimum atomic E-state index is -0.230. The van der Waals surface area contributed by atoms with Crippen molar-refractivity contribution in [1.29, 1.82) is 0 Å². The summed E-state index contributed by atoms with van der Waals surface area (Å²) < 4.78 is 0. The van der Waals surface area contributed by atoms with Crippen molar-refractivity contribution in [2.75, 3.05) is 12.8 Å². The Labute approximate surface area is 77.2 Å². The SMILES string of the molecule is CNC(C)C(=O)c1cnccc1N. The lowest BCUT2D eigenvalue weighted by molar-refractivity contribution is 0.0955. The lowest BCUT2D eigenvalue weighted by Gasteiger charge is -2.09. The fourth-order valence-corrected chi connectivity index (χ4v) is 0.975. The van der Waals surface area contributed by atoms with Gasteiger partial charge in [-0.15, -0.1) is 0 Å². The fourth-order valence-electron chi connectivity index (χ4n) is 0.975. The van der Waals surface area contributed by atoms with Crippen LogP contribution in [0.25, 0.3) is 0 Å². The number of aromatic nitrogens is 1. The van der Waals surface area contributed by atoms with Crippen LogP contribution < -0.4 is 11.1 Å². The number of rotatable bonds is 3. The topological polar surface area (TPSA) is 68.0 Å². The average Bonchev–Trinajstić information content (AvgIpc) is 2.16. The second kappa shape index (κ2) is 4.00. The van der Waals surface area contributed by atoms with Crippen molar-refractivity contribution in [2.24, 2.45) is 0 Å². The van der Waals surface area contributed by atoms with Gasteiger partial charge in [-0.05, 0) is 20.0 Å². The molecule has 1 rings (SSSR count). The van der Waals surface area contributed by atoms with Gasteiger partial charge in [0.2, 0.25) is 0 Å². The predicted octanol–water partition coefficient (Wildman–Crippen LogP) is 0.454. The van der Waals surface area contributed by atoms with Crippen molar-refractivity contribution in [3.63, 3.8) is 0 Å². The maximum atomic E-state index is 11.6. The number of pyridine rings is 1. The lowest BCUT2D eigenvalue weighted by atomic mass is 10.1. The number of ketones is 1. The van der Waals surface area contributed by atoms with Gasteiger partial charge >= 0.3 is 0 Å². The van der Waals surface area contributed by atoms with E-state index < -0.39 is 0 Å². The van der Waals surface area contributed by atoms with Crippen LogP contribution in [0.1, 0.15) is 17.3 Å². The van der Waals surface area contributed by atoms with Gasteiger partial charge in [-0.3, -0.25) is 9.78 Å². The number of hydrogen-bond acceptors (Lipinski definition) is 4. The zero-order valence-electron chi connectivity index (χ0n) is 7.74. The zero-order chi connectivity index (χ0) is 9.84. The van der Waals surface area contributed by atoms with Crippen LogP contribution in [0.15, 0.2) is 18.5 Å². The first-order valence-electron chi connectivity index (χ1n) is 4.07. The Hall–Kier alpha value is -1.42. The van der Waals surface area contributed by atoms with Crippen molar-refractivity contribution in [2.45, 2.75) is 13.0 Å². The van der Waals surface area contributed by atoms with Gasteiger partial charge in [0, 0.05) is 18.1 Å². The second-order valence-electron chi connectivity index (χ2n) is 2.84. The number of nitrogen functional groups attached to an aromatic ring is 1. The van der Waals surface area contributed by atoms with Crippen molar-refractivity contribution in [3.05, 3.63) is 24.0 Å². The molecule has 1 aromatic rings. The normalized spacial score (nSPS) is 12.5. The summed E-state index contributed by atoms with van der Waals surface area (Å²) in [4.78, 5) is 15.5. The summed E-state index contributed by atoms with van der Waals surface area (Å²) in [5.74, 6) is -0.0342. The third-order valence-electron chi connectivity index (χ3n) is 1.95. The molecule has 0 bridgehead atoms. The smallest absolute Gasteiger partial charge is 0.183 e. The van der Waals surface area contributed by atoms with Gasteiger partial charge in [0.15, 0.2) is 5.78 Å². The van der Waals surface area contributed by atoms with Crippen LogP contribution in [0.3, 0.4) is 0 Å². The summed E-state index contributed by atoms with van der Waals surface area (Å²) in [5, 5.41) is 2.86. The van der Waals surface area contributed by atoms with Crippen LogP contribution in [0, 0.1) is 0 Å². The molecule has 3 N–H and O–H groups in total. The minimum Gasteiger partial charge on any atom is -0.398 e. The highest BCUT2D eigenvalue weighted by Gasteiger charge is 2.15. The summed E-state index contributed by atoms with van der Waals surface area (Å²) in [6.07, 6.45) is 3.06. The molecule has 0 saturated heterocycles. The number of likely N-dealkylation sites (N-methyl/N-ethyl adjacent to an activating group) is 1. The largest absolute Gasteiger partial charge is 0.398 e. The molecule has 70 valence electrons. The highest BCUT2D eigenvalue weighted by molar-refractivity contribution is 6.03. The third kappa shape index (κ3) is 2.03. The first kappa shape index (κ1) is 9.67. The van der Waals surface area contributed by atoms with Crippen molar-refractivity contribution in [3.8, 4) is 0 Å². The molecule has 0 aliphatic heterocycles. The van der Waals surface area contributed by atoms with E-state index in [0.29, 0.717) is 11.3 Å². The summed E-state index contributed by atoms with van der Waals surface area (Å²) in [5.41, 5.74) is 6.58. The Kier molecular flexibility index (Phi) is 2.97. The second-order valence-corrected chi connectivity index (χ2v) is 2.84. The molecule has 0 saturated carbocycles. The first-order chi connectivity index (χ1) is 6.16. The number of carbonyl (C=O) groups is 1. The Bertz CT molecular complexity index is 311. The molecule has 0 aliphatic carbocycles. The summed E-state index contributed by atoms with van der Waals surface area (Å²) in [6.45, 7) is 1.79. The first-order valence-corrected chi connectivity index (χ1v) is 4.07. The van der Waals surface area contributed by atoms with E-state index in [-0.39, 0.29) is 11.8 Å². The average molecular weight is 179 g/mol. The number of carbonyl (C=O) groups excluding carboxylic acids is 1. The van der Waals surface area contributed by atoms with Gasteiger partial charge < -0.3 is 11.1 Å². The van der Waals surface area contributed by atoms with Gasteiger partial charge in [-0.25, -0.2) is 0 Å². The molecule has 0 fully saturated rings. The molecular weight excluding hydrogens is 166 g/mol. The van der Waals surface area contributed by atoms with E-state index in [1.54, 1.807) is 26.2 Å². The number of Topliss-reactive ketones (excluding diaryl/α,β-unsaturated/α-hetero) is 1. The van der Waals surface area contributed by atoms with Crippen LogP contribution in [0.5, 0.6) is 0 Å². The molecule has 4 nitrogen and oxygen atoms in total. The van der Waals surface area contributed by atoms with Crippen LogP contribution >= 0.6 is 0 Å². The van der Waals surface area contributed by atoms with Crippen molar-refractivity contribution in [1.82, 2.24) is 10.3 Å². The van der Waals surface area contributed by atoms with Gasteiger partial charge in [-0.1, -0.05) is 0 Å². The van der Waals surface area contributed by atoms with E-state index in [1.165, 1.54) is 6.20 Å². The highest BCUT2D eigenvalue weighted by atomic mass is 16.1. The molecule has 1 aromatic heterocycles. The van der Waals surface area contributed by atoms with Crippen molar-refractivity contribution < 1.29 is 4.79 Å². The van der Waals surface area contributed by atoms with E-state index in [4.69, 9.17) is 5.73 Å². The van der Waals surface area contributed by atoms with Crippen LogP contribution in [-0.2, 0) is 0 Å². The highest BCUT2D eigenvalue weighted by Crippen LogP contribution is 2.10. The molecule has 4 heteroatoms. The fraction of sp³-hybridized carbons (Fsp3) is 0.333. The van der Waals surface area contributed by atoms with Gasteiger partial charge in [0.05, 0.1) is 11.6 Å². The van der Waals surface area contributed by atoms with E-state index in [9.17, 15) is 4.79 Å². The van der Waals surface area contributed by atoms with Crippen LogP contribution in [0.2, 0.25) is 0 Å². The predicted molar refractivity (Wildman–Crippen MR) is 51.5 cm³/mol. The quantitative estimate of drug-likeness (QED) is 0.661. The van der Waals surface area contributed by atoms with Crippen LogP contribution in [0.4, 0.5) is 5.69 Å². The molecule has 1 unspecified atom stereocenters. The summed E-state index contributed by atoms with van der Waals surface area (Å²) >= 11 is 0. The number of nitrogens with zero attached hydrogens (tertiary/aromatic N) is 1. The summed E-state index contributed by atoms with van der Waals surface area (Å²) in [7, 11) is 1.73. The number of anilines is 1. The minimum absolute atomic E-state index is 0.0342. The Morgan fingerprint density at radius 3 is 2.92 bits per heavy atom.